The number of hydrogen-bond acceptors (Lipinski definition) is 12. The van der Waals surface area contributed by atoms with Gasteiger partial charge in [-0.2, -0.15) is 47.4 Å². The van der Waals surface area contributed by atoms with Crippen LogP contribution < -0.4 is 0 Å². The first-order valence-corrected chi connectivity index (χ1v) is 30.6. The number of rotatable bonds is 10. The van der Waals surface area contributed by atoms with E-state index in [0.717, 1.165) is 77.0 Å². The van der Waals surface area contributed by atoms with E-state index >= 15 is 0 Å². The molecule has 3 heterocycles. The Hall–Kier alpha value is -15.3. The van der Waals surface area contributed by atoms with Crippen molar-refractivity contribution in [2.24, 2.45) is 0 Å². The summed E-state index contributed by atoms with van der Waals surface area (Å²) >= 11 is 0. The van der Waals surface area contributed by atoms with Crippen molar-refractivity contribution in [1.29, 1.82) is 47.4 Å². The van der Waals surface area contributed by atoms with Crippen LogP contribution in [0.2, 0.25) is 0 Å². The minimum Gasteiger partial charge on any atom is -0.309 e. The molecule has 3 aromatic heterocycles. The largest absolute Gasteiger partial charge is 0.309 e. The predicted octanol–water partition coefficient (Wildman–Crippen LogP) is 18.2. The van der Waals surface area contributed by atoms with E-state index in [2.05, 4.69) is 63.8 Å². The smallest absolute Gasteiger partial charge is 0.164 e. The first-order valence-electron chi connectivity index (χ1n) is 30.6. The Balaban J connectivity index is 1.05. The molecule has 0 aliphatic heterocycles. The molecule has 0 bridgehead atoms. The van der Waals surface area contributed by atoms with Gasteiger partial charge in [0.05, 0.1) is 138 Å². The van der Waals surface area contributed by atoms with Crippen molar-refractivity contribution in [3.63, 3.8) is 0 Å². The zero-order valence-corrected chi connectivity index (χ0v) is 51.4. The summed E-state index contributed by atoms with van der Waals surface area (Å²) in [6.07, 6.45) is 0. The van der Waals surface area contributed by atoms with Crippen LogP contribution in [0.4, 0.5) is 0 Å². The Morgan fingerprint density at radius 2 is 0.500 bits per heavy atom. The molecule has 0 radical (unpaired) electrons. The molecule has 0 aliphatic carbocycles. The summed E-state index contributed by atoms with van der Waals surface area (Å²) in [7, 11) is 0. The predicted molar refractivity (Wildman–Crippen MR) is 374 cm³/mol. The summed E-state index contributed by atoms with van der Waals surface area (Å²) in [6, 6.07) is 95.3. The van der Waals surface area contributed by atoms with E-state index in [-0.39, 0.29) is 0 Å². The van der Waals surface area contributed by atoms with Crippen LogP contribution in [0, 0.1) is 102 Å². The van der Waals surface area contributed by atoms with Gasteiger partial charge in [0, 0.05) is 49.4 Å². The lowest BCUT2D eigenvalue weighted by molar-refractivity contribution is 1.07. The van der Waals surface area contributed by atoms with Crippen molar-refractivity contribution >= 4 is 43.6 Å². The molecular weight excluding hydrogens is 1210 g/mol. The molecular formula is C84H40N14. The minimum absolute atomic E-state index is 0.318. The molecule has 0 spiro atoms. The third kappa shape index (κ3) is 10.5. The molecule has 0 amide bonds. The summed E-state index contributed by atoms with van der Waals surface area (Å²) in [4.78, 5) is 15.5. The fourth-order valence-electron chi connectivity index (χ4n) is 13.0. The summed E-state index contributed by atoms with van der Waals surface area (Å²) in [5, 5.41) is 95.3. The maximum absolute atomic E-state index is 11.0. The van der Waals surface area contributed by atoms with Crippen LogP contribution in [0.5, 0.6) is 0 Å². The molecule has 0 atom stereocenters. The van der Waals surface area contributed by atoms with E-state index in [1.807, 2.05) is 164 Å². The number of aromatic nitrogens is 5. The number of fused-ring (bicyclic) bond motifs is 6. The summed E-state index contributed by atoms with van der Waals surface area (Å²) in [5.41, 5.74) is 16.3. The van der Waals surface area contributed by atoms with Gasteiger partial charge in [0.1, 0.15) is 0 Å². The highest BCUT2D eigenvalue weighted by atomic mass is 15.0. The second-order valence-corrected chi connectivity index (χ2v) is 23.3. The molecule has 0 unspecified atom stereocenters. The summed E-state index contributed by atoms with van der Waals surface area (Å²) < 4.78 is 4.31. The van der Waals surface area contributed by atoms with E-state index in [1.165, 1.54) is 0 Å². The van der Waals surface area contributed by atoms with Crippen LogP contribution in [0.15, 0.2) is 243 Å². The van der Waals surface area contributed by atoms with Gasteiger partial charge in [0.15, 0.2) is 17.5 Å². The van der Waals surface area contributed by atoms with Gasteiger partial charge in [-0.1, -0.05) is 97.1 Å². The highest BCUT2D eigenvalue weighted by Crippen LogP contribution is 2.46. The Morgan fingerprint density at radius 1 is 0.204 bits per heavy atom. The Labute approximate surface area is 560 Å². The highest BCUT2D eigenvalue weighted by molar-refractivity contribution is 6.14. The molecule has 0 N–H and O–H groups in total. The van der Waals surface area contributed by atoms with Gasteiger partial charge in [-0.15, -0.1) is 0 Å². The molecule has 14 nitrogen and oxygen atoms in total. The normalized spacial score (nSPS) is 10.8. The van der Waals surface area contributed by atoms with E-state index < -0.39 is 0 Å². The van der Waals surface area contributed by atoms with Crippen LogP contribution in [-0.2, 0) is 0 Å². The van der Waals surface area contributed by atoms with Crippen LogP contribution in [0.3, 0.4) is 0 Å². The van der Waals surface area contributed by atoms with Crippen LogP contribution in [-0.4, -0.2) is 24.1 Å². The lowest BCUT2D eigenvalue weighted by Crippen LogP contribution is -2.04. The van der Waals surface area contributed by atoms with Crippen LogP contribution in [0.1, 0.15) is 50.1 Å². The number of nitriles is 9. The standard InChI is InChI=1S/C84H40N14/c85-41-50-11-18-76(97-77-19-13-61(66-27-51(42-86)23-52(28-66)43-87)36-72(77)73-37-62(14-20-78(73)97)67-29-53(44-88)24-54(30-67)45-89)71(35-50)70-17-12-65(84-95-82(59-7-3-1-4-8-59)94-83(96-84)60-9-5-2-6-10-60)40-81(70)98-79-21-15-63(68-31-55(46-90)25-56(32-68)47-91)38-74(79)75-39-64(16-22-80(75)98)69-33-57(48-92)26-58(34-69)49-93/h1-40H. The van der Waals surface area contributed by atoms with Crippen molar-refractivity contribution < 1.29 is 0 Å². The summed E-state index contributed by atoms with van der Waals surface area (Å²) in [5.74, 6) is 1.27. The summed E-state index contributed by atoms with van der Waals surface area (Å²) in [6.45, 7) is 0. The van der Waals surface area contributed by atoms with Crippen molar-refractivity contribution in [1.82, 2.24) is 24.1 Å². The molecule has 98 heavy (non-hydrogen) atoms. The second-order valence-electron chi connectivity index (χ2n) is 23.3. The molecule has 15 rings (SSSR count). The Bertz CT molecular complexity index is 5920. The SMILES string of the molecule is N#Cc1cc(C#N)cc(-c2ccc3c(c2)c2cc(-c4cc(C#N)cc(C#N)c4)ccc2n3-c2ccc(C#N)cc2-c2ccc(-c3nc(-c4ccccc4)nc(-c4ccccc4)n3)cc2-n2c3ccc(-c4cc(C#N)cc(C#N)c4)cc3c3cc(-c4cc(C#N)cc(C#N)c4)ccc32)c1. The topological polar surface area (TPSA) is 263 Å². The third-order valence-electron chi connectivity index (χ3n) is 17.5. The maximum atomic E-state index is 11.0. The number of hydrogen-bond donors (Lipinski definition) is 0. The molecule has 0 fully saturated rings. The number of nitrogens with zero attached hydrogens (tertiary/aromatic N) is 14. The molecule has 446 valence electrons. The zero-order chi connectivity index (χ0) is 67.1. The molecule has 14 heteroatoms. The molecule has 15 aromatic rings. The first-order chi connectivity index (χ1) is 48.0. The van der Waals surface area contributed by atoms with Crippen LogP contribution >= 0.6 is 0 Å². The third-order valence-corrected chi connectivity index (χ3v) is 17.5. The monoisotopic (exact) mass is 1240 g/mol. The fourth-order valence-corrected chi connectivity index (χ4v) is 13.0. The Kier molecular flexibility index (Phi) is 14.7. The van der Waals surface area contributed by atoms with E-state index in [1.54, 1.807) is 78.9 Å². The van der Waals surface area contributed by atoms with Gasteiger partial charge in [0.25, 0.3) is 0 Å². The molecule has 12 aromatic carbocycles. The number of benzene rings is 12. The quantitative estimate of drug-likeness (QED) is 0.124. The zero-order valence-electron chi connectivity index (χ0n) is 51.4. The van der Waals surface area contributed by atoms with Gasteiger partial charge >= 0.3 is 0 Å². The average molecular weight is 1250 g/mol. The van der Waals surface area contributed by atoms with Crippen molar-refractivity contribution in [3.05, 3.63) is 293 Å². The molecule has 0 saturated carbocycles. The fraction of sp³-hybridized carbons (Fsp3) is 0. The first kappa shape index (κ1) is 59.0. The van der Waals surface area contributed by atoms with Crippen molar-refractivity contribution in [2.75, 3.05) is 0 Å². The minimum atomic E-state index is 0.318. The second kappa shape index (κ2) is 24.4. The lowest BCUT2D eigenvalue weighted by atomic mass is 9.96. The van der Waals surface area contributed by atoms with Gasteiger partial charge < -0.3 is 9.13 Å². The van der Waals surface area contributed by atoms with E-state index in [0.29, 0.717) is 118 Å². The van der Waals surface area contributed by atoms with Gasteiger partial charge in [-0.3, -0.25) is 0 Å². The van der Waals surface area contributed by atoms with Crippen LogP contribution in [0.25, 0.3) is 145 Å². The highest BCUT2D eigenvalue weighted by Gasteiger charge is 2.25. The van der Waals surface area contributed by atoms with E-state index in [9.17, 15) is 47.4 Å². The lowest BCUT2D eigenvalue weighted by Gasteiger charge is -2.20. The van der Waals surface area contributed by atoms with E-state index in [4.69, 9.17) is 15.0 Å². The molecule has 0 aliphatic rings. The van der Waals surface area contributed by atoms with Crippen molar-refractivity contribution in [3.8, 4) is 156 Å². The Morgan fingerprint density at radius 3 is 0.816 bits per heavy atom. The van der Waals surface area contributed by atoms with Crippen molar-refractivity contribution in [2.45, 2.75) is 0 Å². The maximum Gasteiger partial charge on any atom is 0.164 e. The van der Waals surface area contributed by atoms with Gasteiger partial charge in [-0.25, -0.2) is 15.0 Å². The van der Waals surface area contributed by atoms with Gasteiger partial charge in [0.2, 0.25) is 0 Å². The van der Waals surface area contributed by atoms with Gasteiger partial charge in [-0.05, 0) is 190 Å². The average Bonchev–Trinajstić information content (AvgIpc) is 1.55. The molecule has 0 saturated heterocycles.